The van der Waals surface area contributed by atoms with Gasteiger partial charge in [-0.15, -0.1) is 0 Å². The summed E-state index contributed by atoms with van der Waals surface area (Å²) in [7, 11) is 0. The molecular formula is C10H10N6O2S. The lowest BCUT2D eigenvalue weighted by molar-refractivity contribution is -0.388. The Kier molecular flexibility index (Phi) is 4.18. The second kappa shape index (κ2) is 6.05. The summed E-state index contributed by atoms with van der Waals surface area (Å²) in [5, 5.41) is 14.4. The third-order valence-corrected chi connectivity index (χ3v) is 2.88. The number of nitrogens with one attached hydrogen (secondary N) is 1. The fourth-order valence-corrected chi connectivity index (χ4v) is 1.99. The Balaban J connectivity index is 2.35. The summed E-state index contributed by atoms with van der Waals surface area (Å²) in [5.41, 5.74) is -0.167. The number of nitrogens with zero attached hydrogens (tertiary/aromatic N) is 5. The Morgan fingerprint density at radius 3 is 2.74 bits per heavy atom. The highest BCUT2D eigenvalue weighted by molar-refractivity contribution is 7.99. The molecule has 0 radical (unpaired) electrons. The normalized spacial score (nSPS) is 10.2. The first kappa shape index (κ1) is 13.1. The molecule has 98 valence electrons. The summed E-state index contributed by atoms with van der Waals surface area (Å²) in [6, 6.07) is 1.67. The number of rotatable bonds is 5. The summed E-state index contributed by atoms with van der Waals surface area (Å²) in [4.78, 5) is 26.4. The van der Waals surface area contributed by atoms with E-state index in [4.69, 9.17) is 0 Å². The number of hydrogen-bond acceptors (Lipinski definition) is 8. The third-order valence-electron chi connectivity index (χ3n) is 2.00. The zero-order valence-electron chi connectivity index (χ0n) is 9.98. The van der Waals surface area contributed by atoms with Crippen molar-refractivity contribution < 1.29 is 4.92 Å². The smallest absolute Gasteiger partial charge is 0.320 e. The van der Waals surface area contributed by atoms with Crippen LogP contribution in [-0.2, 0) is 0 Å². The maximum absolute atomic E-state index is 10.9. The van der Waals surface area contributed by atoms with Gasteiger partial charge in [-0.2, -0.15) is 4.98 Å². The van der Waals surface area contributed by atoms with Crippen LogP contribution in [0, 0.1) is 10.1 Å². The minimum atomic E-state index is -0.527. The van der Waals surface area contributed by atoms with Crippen molar-refractivity contribution in [3.8, 4) is 0 Å². The first-order chi connectivity index (χ1) is 9.20. The molecule has 0 saturated carbocycles. The minimum Gasteiger partial charge on any atom is -0.354 e. The molecule has 0 unspecified atom stereocenters. The van der Waals surface area contributed by atoms with E-state index in [0.717, 1.165) is 11.8 Å². The molecule has 1 N–H and O–H groups in total. The summed E-state index contributed by atoms with van der Waals surface area (Å²) in [6.45, 7) is 2.52. The zero-order chi connectivity index (χ0) is 13.7. The molecule has 0 aliphatic heterocycles. The number of anilines is 1. The molecule has 0 atom stereocenters. The maximum Gasteiger partial charge on any atom is 0.320 e. The molecule has 0 spiro atoms. The van der Waals surface area contributed by atoms with Gasteiger partial charge in [-0.05, 0) is 24.8 Å². The molecule has 0 bridgehead atoms. The molecule has 19 heavy (non-hydrogen) atoms. The largest absolute Gasteiger partial charge is 0.354 e. The van der Waals surface area contributed by atoms with E-state index < -0.39 is 4.92 Å². The summed E-state index contributed by atoms with van der Waals surface area (Å²) in [5.74, 6) is 0.339. The van der Waals surface area contributed by atoms with Crippen LogP contribution in [0.4, 0.5) is 11.6 Å². The van der Waals surface area contributed by atoms with Crippen molar-refractivity contribution in [2.45, 2.75) is 17.1 Å². The van der Waals surface area contributed by atoms with Gasteiger partial charge in [0.15, 0.2) is 10.2 Å². The molecule has 2 aromatic rings. The highest BCUT2D eigenvalue weighted by Crippen LogP contribution is 2.30. The van der Waals surface area contributed by atoms with E-state index in [2.05, 4.69) is 25.3 Å². The second-order valence-corrected chi connectivity index (χ2v) is 4.26. The van der Waals surface area contributed by atoms with Gasteiger partial charge in [0.2, 0.25) is 5.95 Å². The highest BCUT2D eigenvalue weighted by atomic mass is 32.2. The fraction of sp³-hybridized carbons (Fsp3) is 0.200. The van der Waals surface area contributed by atoms with E-state index in [-0.39, 0.29) is 10.7 Å². The Morgan fingerprint density at radius 2 is 2.11 bits per heavy atom. The fourth-order valence-electron chi connectivity index (χ4n) is 1.23. The summed E-state index contributed by atoms with van der Waals surface area (Å²) < 4.78 is 0. The van der Waals surface area contributed by atoms with Crippen LogP contribution in [0.2, 0.25) is 0 Å². The van der Waals surface area contributed by atoms with Gasteiger partial charge in [0, 0.05) is 18.9 Å². The third kappa shape index (κ3) is 3.35. The van der Waals surface area contributed by atoms with Crippen molar-refractivity contribution in [3.63, 3.8) is 0 Å². The van der Waals surface area contributed by atoms with E-state index in [1.54, 1.807) is 18.5 Å². The molecule has 0 amide bonds. The Labute approximate surface area is 112 Å². The van der Waals surface area contributed by atoms with Crippen molar-refractivity contribution in [3.05, 3.63) is 34.8 Å². The van der Waals surface area contributed by atoms with Gasteiger partial charge in [0.05, 0.1) is 4.92 Å². The Morgan fingerprint density at radius 1 is 1.37 bits per heavy atom. The molecule has 8 nitrogen and oxygen atoms in total. The zero-order valence-corrected chi connectivity index (χ0v) is 10.8. The quantitative estimate of drug-likeness (QED) is 0.381. The van der Waals surface area contributed by atoms with E-state index >= 15 is 0 Å². The van der Waals surface area contributed by atoms with Gasteiger partial charge >= 0.3 is 5.69 Å². The van der Waals surface area contributed by atoms with E-state index in [9.17, 15) is 10.1 Å². The van der Waals surface area contributed by atoms with Gasteiger partial charge in [-0.3, -0.25) is 10.1 Å². The van der Waals surface area contributed by atoms with Gasteiger partial charge in [0.25, 0.3) is 0 Å². The maximum atomic E-state index is 10.9. The van der Waals surface area contributed by atoms with Crippen molar-refractivity contribution in [1.82, 2.24) is 19.9 Å². The molecule has 0 aliphatic carbocycles. The number of aromatic nitrogens is 4. The van der Waals surface area contributed by atoms with Crippen LogP contribution >= 0.6 is 11.8 Å². The molecule has 0 aliphatic rings. The Hall–Kier alpha value is -2.29. The van der Waals surface area contributed by atoms with Crippen LogP contribution in [-0.4, -0.2) is 31.4 Å². The number of nitro groups is 1. The monoisotopic (exact) mass is 278 g/mol. The van der Waals surface area contributed by atoms with Crippen LogP contribution in [0.1, 0.15) is 6.92 Å². The molecule has 0 fully saturated rings. The minimum absolute atomic E-state index is 0.167. The van der Waals surface area contributed by atoms with Gasteiger partial charge in [-0.1, -0.05) is 0 Å². The van der Waals surface area contributed by atoms with E-state index in [1.165, 1.54) is 6.20 Å². The van der Waals surface area contributed by atoms with Gasteiger partial charge in [0.1, 0.15) is 6.20 Å². The van der Waals surface area contributed by atoms with Crippen molar-refractivity contribution in [1.29, 1.82) is 0 Å². The predicted molar refractivity (Wildman–Crippen MR) is 69.0 cm³/mol. The molecular weight excluding hydrogens is 268 g/mol. The second-order valence-electron chi connectivity index (χ2n) is 3.30. The molecule has 2 heterocycles. The lowest BCUT2D eigenvalue weighted by atomic mass is 10.5. The molecule has 2 aromatic heterocycles. The molecule has 0 saturated heterocycles. The van der Waals surface area contributed by atoms with Crippen LogP contribution in [0.25, 0.3) is 0 Å². The summed E-state index contributed by atoms with van der Waals surface area (Å²) in [6.07, 6.45) is 4.30. The van der Waals surface area contributed by atoms with E-state index in [1.807, 2.05) is 6.92 Å². The van der Waals surface area contributed by atoms with E-state index in [0.29, 0.717) is 17.6 Å². The topological polar surface area (TPSA) is 107 Å². The average molecular weight is 278 g/mol. The first-order valence-corrected chi connectivity index (χ1v) is 6.22. The lowest BCUT2D eigenvalue weighted by Crippen LogP contribution is -2.04. The van der Waals surface area contributed by atoms with Crippen molar-refractivity contribution in [2.75, 3.05) is 11.9 Å². The van der Waals surface area contributed by atoms with Crippen molar-refractivity contribution >= 4 is 23.4 Å². The molecule has 0 aromatic carbocycles. The van der Waals surface area contributed by atoms with Gasteiger partial charge < -0.3 is 5.32 Å². The van der Waals surface area contributed by atoms with Crippen LogP contribution in [0.15, 0.2) is 34.8 Å². The van der Waals surface area contributed by atoms with Crippen LogP contribution in [0.3, 0.4) is 0 Å². The number of hydrogen-bond donors (Lipinski definition) is 1. The van der Waals surface area contributed by atoms with Crippen LogP contribution in [0.5, 0.6) is 0 Å². The lowest BCUT2D eigenvalue weighted by Gasteiger charge is -2.04. The average Bonchev–Trinajstić information content (AvgIpc) is 2.40. The predicted octanol–water partition coefficient (Wildman–Crippen LogP) is 1.76. The van der Waals surface area contributed by atoms with Crippen molar-refractivity contribution in [2.24, 2.45) is 0 Å². The van der Waals surface area contributed by atoms with Crippen LogP contribution < -0.4 is 5.32 Å². The molecule has 2 rings (SSSR count). The highest BCUT2D eigenvalue weighted by Gasteiger charge is 2.19. The first-order valence-electron chi connectivity index (χ1n) is 5.41. The standard InChI is InChI=1S/C10H10N6O2S/c1-2-11-9-14-6-7(16(17)18)8(15-9)19-10-12-4-3-5-13-10/h3-6H,2H2,1H3,(H,11,14,15). The summed E-state index contributed by atoms with van der Waals surface area (Å²) >= 11 is 1.03. The molecule has 9 heteroatoms. The SMILES string of the molecule is CCNc1ncc([N+](=O)[O-])c(Sc2ncccn2)n1. The van der Waals surface area contributed by atoms with Gasteiger partial charge in [-0.25, -0.2) is 15.0 Å². The Bertz CT molecular complexity index is 579.